The molecular weight excluding hydrogens is 469 g/mol. The van der Waals surface area contributed by atoms with Crippen LogP contribution >= 0.6 is 43.5 Å². The second-order valence-electron chi connectivity index (χ2n) is 6.70. The van der Waals surface area contributed by atoms with Crippen LogP contribution in [0.3, 0.4) is 0 Å². The molecule has 0 spiro atoms. The Morgan fingerprint density at radius 1 is 1.44 bits per heavy atom. The van der Waals surface area contributed by atoms with Gasteiger partial charge in [-0.2, -0.15) is 5.10 Å². The molecule has 3 unspecified atom stereocenters. The number of halogens is 3. The molecule has 1 aliphatic rings. The van der Waals surface area contributed by atoms with Gasteiger partial charge in [-0.1, -0.05) is 69.3 Å². The molecule has 1 saturated carbocycles. The first kappa shape index (κ1) is 19.3. The molecule has 0 amide bonds. The molecule has 1 aromatic carbocycles. The number of aromatic nitrogens is 3. The number of benzene rings is 1. The maximum Gasteiger partial charge on any atom is 0.137 e. The lowest BCUT2D eigenvalue weighted by atomic mass is 9.79. The molecule has 3 atom stereocenters. The lowest BCUT2D eigenvalue weighted by molar-refractivity contribution is -0.0443. The monoisotopic (exact) mass is 489 g/mol. The average Bonchev–Trinajstić information content (AvgIpc) is 3.31. The lowest BCUT2D eigenvalue weighted by Gasteiger charge is -2.40. The van der Waals surface area contributed by atoms with Crippen LogP contribution in [0.1, 0.15) is 50.6 Å². The molecule has 4 nitrogen and oxygen atoms in total. The van der Waals surface area contributed by atoms with E-state index < -0.39 is 5.60 Å². The van der Waals surface area contributed by atoms with Gasteiger partial charge in [0, 0.05) is 19.9 Å². The smallest absolute Gasteiger partial charge is 0.137 e. The van der Waals surface area contributed by atoms with Crippen LogP contribution in [0.25, 0.3) is 0 Å². The van der Waals surface area contributed by atoms with E-state index in [-0.39, 0.29) is 16.8 Å². The SMILES string of the molecule is CCCCC(Br)C(n1cncn1)C(O)(c1ccc(Br)cc1Cl)C1CC1. The summed E-state index contributed by atoms with van der Waals surface area (Å²) in [5, 5.41) is 16.9. The topological polar surface area (TPSA) is 50.9 Å². The Kier molecular flexibility index (Phi) is 6.24. The van der Waals surface area contributed by atoms with E-state index in [1.54, 1.807) is 11.0 Å². The van der Waals surface area contributed by atoms with Gasteiger partial charge >= 0.3 is 0 Å². The standard InChI is InChI=1S/C18H22Br2ClN3O/c1-2-3-4-15(20)17(24-11-22-10-23-24)18(25,12-5-6-12)14-8-7-13(19)9-16(14)21/h7-12,15,17,25H,2-6H2,1H3. The number of nitrogens with zero attached hydrogens (tertiary/aromatic N) is 3. The third kappa shape index (κ3) is 3.97. The highest BCUT2D eigenvalue weighted by atomic mass is 79.9. The van der Waals surface area contributed by atoms with Crippen LogP contribution in [-0.4, -0.2) is 24.7 Å². The van der Waals surface area contributed by atoms with Crippen molar-refractivity contribution >= 4 is 43.5 Å². The zero-order valence-corrected chi connectivity index (χ0v) is 18.0. The van der Waals surface area contributed by atoms with Crippen molar-refractivity contribution in [2.24, 2.45) is 5.92 Å². The molecule has 7 heteroatoms. The third-order valence-electron chi connectivity index (χ3n) is 4.91. The van der Waals surface area contributed by atoms with E-state index in [4.69, 9.17) is 11.6 Å². The van der Waals surface area contributed by atoms with Crippen molar-refractivity contribution in [3.63, 3.8) is 0 Å². The van der Waals surface area contributed by atoms with E-state index in [0.717, 1.165) is 42.1 Å². The largest absolute Gasteiger partial charge is 0.383 e. The first-order chi connectivity index (χ1) is 12.0. The van der Waals surface area contributed by atoms with Crippen LogP contribution in [0.15, 0.2) is 35.3 Å². The number of rotatable bonds is 8. The van der Waals surface area contributed by atoms with Gasteiger partial charge in [-0.05, 0) is 37.3 Å². The maximum absolute atomic E-state index is 12.0. The van der Waals surface area contributed by atoms with Crippen LogP contribution in [0.2, 0.25) is 5.02 Å². The quantitative estimate of drug-likeness (QED) is 0.497. The van der Waals surface area contributed by atoms with Crippen molar-refractivity contribution in [3.8, 4) is 0 Å². The van der Waals surface area contributed by atoms with Crippen LogP contribution in [-0.2, 0) is 5.60 Å². The highest BCUT2D eigenvalue weighted by Gasteiger charge is 2.54. The van der Waals surface area contributed by atoms with E-state index in [1.807, 2.05) is 18.2 Å². The minimum Gasteiger partial charge on any atom is -0.383 e. The molecule has 0 radical (unpaired) electrons. The minimum atomic E-state index is -1.09. The Labute approximate surface area is 170 Å². The van der Waals surface area contributed by atoms with Crippen molar-refractivity contribution < 1.29 is 5.11 Å². The Hall–Kier alpha value is -0.430. The molecule has 1 fully saturated rings. The third-order valence-corrected chi connectivity index (χ3v) is 6.68. The first-order valence-electron chi connectivity index (χ1n) is 8.64. The molecule has 0 aliphatic heterocycles. The normalized spacial score (nSPS) is 19.4. The molecule has 1 heterocycles. The van der Waals surface area contributed by atoms with Crippen molar-refractivity contribution in [1.29, 1.82) is 0 Å². The summed E-state index contributed by atoms with van der Waals surface area (Å²) in [6, 6.07) is 5.43. The summed E-state index contributed by atoms with van der Waals surface area (Å²) in [6.07, 6.45) is 8.31. The number of unbranched alkanes of at least 4 members (excludes halogenated alkanes) is 1. The Balaban J connectivity index is 2.08. The van der Waals surface area contributed by atoms with Gasteiger partial charge in [0.05, 0.1) is 6.04 Å². The van der Waals surface area contributed by atoms with Crippen LogP contribution < -0.4 is 0 Å². The van der Waals surface area contributed by atoms with Gasteiger partial charge in [0.25, 0.3) is 0 Å². The molecule has 3 rings (SSSR count). The summed E-state index contributed by atoms with van der Waals surface area (Å²) in [5.41, 5.74) is -0.325. The zero-order valence-electron chi connectivity index (χ0n) is 14.1. The van der Waals surface area contributed by atoms with E-state index in [2.05, 4.69) is 48.9 Å². The average molecular weight is 492 g/mol. The molecule has 136 valence electrons. The summed E-state index contributed by atoms with van der Waals surface area (Å²) in [7, 11) is 0. The van der Waals surface area contributed by atoms with E-state index >= 15 is 0 Å². The molecule has 0 bridgehead atoms. The van der Waals surface area contributed by atoms with Crippen molar-refractivity contribution in [3.05, 3.63) is 45.9 Å². The van der Waals surface area contributed by atoms with Crippen molar-refractivity contribution in [2.75, 3.05) is 0 Å². The highest BCUT2D eigenvalue weighted by molar-refractivity contribution is 9.10. The molecule has 1 N–H and O–H groups in total. The van der Waals surface area contributed by atoms with Crippen LogP contribution in [0, 0.1) is 5.92 Å². The molecule has 25 heavy (non-hydrogen) atoms. The van der Waals surface area contributed by atoms with Gasteiger partial charge < -0.3 is 5.11 Å². The molecule has 0 saturated heterocycles. The fraction of sp³-hybridized carbons (Fsp3) is 0.556. The zero-order chi connectivity index (χ0) is 18.0. The summed E-state index contributed by atoms with van der Waals surface area (Å²) in [6.45, 7) is 2.17. The minimum absolute atomic E-state index is 0.0689. The van der Waals surface area contributed by atoms with E-state index in [1.165, 1.54) is 6.33 Å². The number of alkyl halides is 1. The Morgan fingerprint density at radius 3 is 2.76 bits per heavy atom. The van der Waals surface area contributed by atoms with Crippen molar-refractivity contribution in [2.45, 2.75) is 55.5 Å². The van der Waals surface area contributed by atoms with Crippen LogP contribution in [0.5, 0.6) is 0 Å². The summed E-state index contributed by atoms with van der Waals surface area (Å²) in [5.74, 6) is 0.169. The van der Waals surface area contributed by atoms with Gasteiger partial charge in [-0.25, -0.2) is 9.67 Å². The fourth-order valence-electron chi connectivity index (χ4n) is 3.52. The number of hydrogen-bond acceptors (Lipinski definition) is 3. The Bertz CT molecular complexity index is 708. The Morgan fingerprint density at radius 2 is 2.20 bits per heavy atom. The second kappa shape index (κ2) is 8.07. The number of aliphatic hydroxyl groups is 1. The molecule has 1 aliphatic carbocycles. The number of hydrogen-bond donors (Lipinski definition) is 1. The summed E-state index contributed by atoms with van der Waals surface area (Å²) in [4.78, 5) is 4.18. The van der Waals surface area contributed by atoms with Gasteiger partial charge in [-0.15, -0.1) is 0 Å². The second-order valence-corrected chi connectivity index (χ2v) is 9.20. The first-order valence-corrected chi connectivity index (χ1v) is 10.7. The van der Waals surface area contributed by atoms with Crippen molar-refractivity contribution in [1.82, 2.24) is 14.8 Å². The van der Waals surface area contributed by atoms with E-state index in [0.29, 0.717) is 5.02 Å². The summed E-state index contributed by atoms with van der Waals surface area (Å²) >= 11 is 13.8. The maximum atomic E-state index is 12.0. The van der Waals surface area contributed by atoms with Gasteiger partial charge in [-0.3, -0.25) is 0 Å². The molecule has 2 aromatic rings. The van der Waals surface area contributed by atoms with Gasteiger partial charge in [0.1, 0.15) is 18.3 Å². The highest BCUT2D eigenvalue weighted by Crippen LogP contribution is 2.55. The lowest BCUT2D eigenvalue weighted by Crippen LogP contribution is -2.44. The van der Waals surface area contributed by atoms with Gasteiger partial charge in [0.15, 0.2) is 0 Å². The van der Waals surface area contributed by atoms with E-state index in [9.17, 15) is 5.11 Å². The molecular formula is C18H22Br2ClN3O. The fourth-order valence-corrected chi connectivity index (χ4v) is 5.31. The summed E-state index contributed by atoms with van der Waals surface area (Å²) < 4.78 is 2.68. The van der Waals surface area contributed by atoms with Crippen LogP contribution in [0.4, 0.5) is 0 Å². The molecule has 1 aromatic heterocycles. The van der Waals surface area contributed by atoms with Gasteiger partial charge in [0.2, 0.25) is 0 Å². The predicted molar refractivity (Wildman–Crippen MR) is 107 cm³/mol. The predicted octanol–water partition coefficient (Wildman–Crippen LogP) is 5.49.